The van der Waals surface area contributed by atoms with Crippen LogP contribution in [0.3, 0.4) is 0 Å². The lowest BCUT2D eigenvalue weighted by Crippen LogP contribution is -2.37. The highest BCUT2D eigenvalue weighted by atomic mass is 16.2. The zero-order valence-corrected chi connectivity index (χ0v) is 16.6. The lowest BCUT2D eigenvalue weighted by molar-refractivity contribution is -0.126. The van der Waals surface area contributed by atoms with E-state index in [1.165, 1.54) is 5.57 Å². The Morgan fingerprint density at radius 1 is 1.25 bits per heavy atom. The Morgan fingerprint density at radius 3 is 2.75 bits per heavy atom. The Balaban J connectivity index is 1.56. The van der Waals surface area contributed by atoms with Crippen molar-refractivity contribution in [2.75, 3.05) is 27.2 Å². The zero-order valence-electron chi connectivity index (χ0n) is 16.6. The Kier molecular flexibility index (Phi) is 4.70. The molecule has 0 saturated heterocycles. The third-order valence-electron chi connectivity index (χ3n) is 5.47. The highest BCUT2D eigenvalue weighted by molar-refractivity contribution is 5.99. The fraction of sp³-hybridized carbons (Fsp3) is 0.348. The van der Waals surface area contributed by atoms with E-state index < -0.39 is 0 Å². The molecule has 28 heavy (non-hydrogen) atoms. The quantitative estimate of drug-likeness (QED) is 0.828. The first kappa shape index (κ1) is 18.3. The molecule has 4 rings (SSSR count). The molecule has 0 bridgehead atoms. The summed E-state index contributed by atoms with van der Waals surface area (Å²) < 4.78 is 0. The third kappa shape index (κ3) is 3.30. The molecular weight excluding hydrogens is 350 g/mol. The van der Waals surface area contributed by atoms with Crippen molar-refractivity contribution >= 4 is 28.3 Å². The van der Waals surface area contributed by atoms with Gasteiger partial charge in [0, 0.05) is 44.5 Å². The van der Waals surface area contributed by atoms with Crippen LogP contribution in [-0.2, 0) is 4.79 Å². The van der Waals surface area contributed by atoms with Crippen molar-refractivity contribution in [3.8, 4) is 0 Å². The predicted molar refractivity (Wildman–Crippen MR) is 111 cm³/mol. The fourth-order valence-corrected chi connectivity index (χ4v) is 3.75. The molecule has 5 nitrogen and oxygen atoms in total. The lowest BCUT2D eigenvalue weighted by atomic mass is 9.93. The SMILES string of the molecule is CCC1=C=C(C(=O)N2CCC=C(c3ccc4cc(C(=O)N(C)C)[nH]c4c3)C2)C1. The minimum Gasteiger partial charge on any atom is -0.351 e. The third-order valence-corrected chi connectivity index (χ3v) is 5.47. The highest BCUT2D eigenvalue weighted by Crippen LogP contribution is 2.28. The summed E-state index contributed by atoms with van der Waals surface area (Å²) in [7, 11) is 3.49. The molecule has 2 aliphatic rings. The van der Waals surface area contributed by atoms with Crippen molar-refractivity contribution in [2.24, 2.45) is 0 Å². The van der Waals surface area contributed by atoms with Gasteiger partial charge in [-0.1, -0.05) is 25.1 Å². The summed E-state index contributed by atoms with van der Waals surface area (Å²) in [5.41, 5.74) is 9.01. The van der Waals surface area contributed by atoms with E-state index in [1.54, 1.807) is 19.0 Å². The summed E-state index contributed by atoms with van der Waals surface area (Å²) in [5.74, 6) is 0.0716. The number of hydrogen-bond donors (Lipinski definition) is 1. The van der Waals surface area contributed by atoms with Gasteiger partial charge in [0.2, 0.25) is 0 Å². The van der Waals surface area contributed by atoms with Crippen molar-refractivity contribution in [3.63, 3.8) is 0 Å². The lowest BCUT2D eigenvalue weighted by Gasteiger charge is -2.29. The van der Waals surface area contributed by atoms with E-state index in [0.717, 1.165) is 53.4 Å². The van der Waals surface area contributed by atoms with Crippen LogP contribution in [0.4, 0.5) is 0 Å². The van der Waals surface area contributed by atoms with Crippen LogP contribution >= 0.6 is 0 Å². The molecule has 1 N–H and O–H groups in total. The fourth-order valence-electron chi connectivity index (χ4n) is 3.75. The second-order valence-corrected chi connectivity index (χ2v) is 7.67. The van der Waals surface area contributed by atoms with Gasteiger partial charge in [0.15, 0.2) is 0 Å². The minimum absolute atomic E-state index is 0.0420. The number of nitrogens with one attached hydrogen (secondary N) is 1. The van der Waals surface area contributed by atoms with Crippen LogP contribution in [0.5, 0.6) is 0 Å². The summed E-state index contributed by atoms with van der Waals surface area (Å²) in [5, 5.41) is 1.01. The molecular formula is C23H25N3O2. The summed E-state index contributed by atoms with van der Waals surface area (Å²) in [6, 6.07) is 8.05. The number of rotatable bonds is 4. The Labute approximate surface area is 165 Å². The van der Waals surface area contributed by atoms with Gasteiger partial charge in [-0.3, -0.25) is 9.59 Å². The second kappa shape index (κ2) is 7.17. The number of aromatic nitrogens is 1. The van der Waals surface area contributed by atoms with Crippen molar-refractivity contribution in [3.05, 3.63) is 58.5 Å². The molecule has 0 spiro atoms. The number of aromatic amines is 1. The van der Waals surface area contributed by atoms with E-state index in [4.69, 9.17) is 0 Å². The first-order valence-corrected chi connectivity index (χ1v) is 9.77. The molecule has 1 aromatic carbocycles. The van der Waals surface area contributed by atoms with E-state index >= 15 is 0 Å². The summed E-state index contributed by atoms with van der Waals surface area (Å²) >= 11 is 0. The maximum atomic E-state index is 12.7. The standard InChI is InChI=1S/C23H25N3O2/c1-4-15-10-19(11-15)22(27)26-9-5-6-18(14-26)16-7-8-17-13-21(23(28)25(2)3)24-20(17)12-16/h6-8,12-13,24H,4-5,9-10,14H2,1-3H3. The van der Waals surface area contributed by atoms with Crippen molar-refractivity contribution in [2.45, 2.75) is 26.2 Å². The molecule has 1 aliphatic heterocycles. The van der Waals surface area contributed by atoms with Gasteiger partial charge in [0.25, 0.3) is 11.8 Å². The van der Waals surface area contributed by atoms with Crippen LogP contribution in [0.1, 0.15) is 42.2 Å². The van der Waals surface area contributed by atoms with E-state index in [-0.39, 0.29) is 11.8 Å². The van der Waals surface area contributed by atoms with Crippen LogP contribution in [0.25, 0.3) is 16.5 Å². The predicted octanol–water partition coefficient (Wildman–Crippen LogP) is 3.75. The van der Waals surface area contributed by atoms with E-state index in [0.29, 0.717) is 12.2 Å². The van der Waals surface area contributed by atoms with Crippen LogP contribution < -0.4 is 0 Å². The molecule has 1 aliphatic carbocycles. The summed E-state index contributed by atoms with van der Waals surface area (Å²) in [4.78, 5) is 31.6. The van der Waals surface area contributed by atoms with Crippen LogP contribution in [0, 0.1) is 0 Å². The number of nitrogens with zero attached hydrogens (tertiary/aromatic N) is 2. The van der Waals surface area contributed by atoms with Gasteiger partial charge < -0.3 is 14.8 Å². The van der Waals surface area contributed by atoms with Gasteiger partial charge in [-0.2, -0.15) is 0 Å². The Morgan fingerprint density at radius 2 is 2.04 bits per heavy atom. The molecule has 2 heterocycles. The van der Waals surface area contributed by atoms with Gasteiger partial charge in [-0.15, -0.1) is 5.73 Å². The number of hydrogen-bond acceptors (Lipinski definition) is 2. The van der Waals surface area contributed by atoms with Crippen LogP contribution in [-0.4, -0.2) is 53.8 Å². The number of carbonyl (C=O) groups is 2. The van der Waals surface area contributed by atoms with Crippen molar-refractivity contribution in [1.82, 2.24) is 14.8 Å². The first-order chi connectivity index (χ1) is 13.5. The van der Waals surface area contributed by atoms with Gasteiger partial charge >= 0.3 is 0 Å². The number of fused-ring (bicyclic) bond motifs is 1. The van der Waals surface area contributed by atoms with Gasteiger partial charge in [0.05, 0.1) is 5.57 Å². The molecule has 0 radical (unpaired) electrons. The number of H-pyrrole nitrogens is 1. The minimum atomic E-state index is -0.0420. The van der Waals surface area contributed by atoms with Crippen molar-refractivity contribution in [1.29, 1.82) is 0 Å². The van der Waals surface area contributed by atoms with E-state index in [1.807, 2.05) is 17.0 Å². The Hall–Kier alpha value is -3.04. The summed E-state index contributed by atoms with van der Waals surface area (Å²) in [6.45, 7) is 3.46. The molecule has 0 atom stereocenters. The smallest absolute Gasteiger partial charge is 0.269 e. The molecule has 0 fully saturated rings. The normalized spacial score (nSPS) is 16.2. The number of carbonyl (C=O) groups excluding carboxylic acids is 2. The first-order valence-electron chi connectivity index (χ1n) is 9.77. The molecule has 5 heteroatoms. The zero-order chi connectivity index (χ0) is 19.8. The maximum Gasteiger partial charge on any atom is 0.269 e. The molecule has 0 unspecified atom stereocenters. The molecule has 0 saturated carbocycles. The topological polar surface area (TPSA) is 56.4 Å². The highest BCUT2D eigenvalue weighted by Gasteiger charge is 2.25. The molecule has 2 aromatic rings. The van der Waals surface area contributed by atoms with Gasteiger partial charge in [-0.25, -0.2) is 0 Å². The van der Waals surface area contributed by atoms with E-state index in [9.17, 15) is 9.59 Å². The molecule has 1 aromatic heterocycles. The van der Waals surface area contributed by atoms with Crippen LogP contribution in [0.15, 0.2) is 47.2 Å². The largest absolute Gasteiger partial charge is 0.351 e. The van der Waals surface area contributed by atoms with E-state index in [2.05, 4.69) is 35.8 Å². The Bertz CT molecular complexity index is 1060. The average Bonchev–Trinajstić information content (AvgIpc) is 3.09. The van der Waals surface area contributed by atoms with Crippen LogP contribution in [0.2, 0.25) is 0 Å². The number of benzene rings is 1. The van der Waals surface area contributed by atoms with Crippen molar-refractivity contribution < 1.29 is 9.59 Å². The molecule has 144 valence electrons. The second-order valence-electron chi connectivity index (χ2n) is 7.67. The average molecular weight is 375 g/mol. The summed E-state index contributed by atoms with van der Waals surface area (Å²) in [6.07, 6.45) is 4.81. The number of amides is 2. The monoisotopic (exact) mass is 375 g/mol. The molecule has 2 amide bonds. The van der Waals surface area contributed by atoms with Gasteiger partial charge in [0.1, 0.15) is 5.69 Å². The maximum absolute atomic E-state index is 12.7. The van der Waals surface area contributed by atoms with Gasteiger partial charge in [-0.05, 0) is 41.7 Å².